The molecule has 1 saturated heterocycles. The van der Waals surface area contributed by atoms with Gasteiger partial charge >= 0.3 is 0 Å². The molecule has 1 unspecified atom stereocenters. The molecule has 1 heterocycles. The molecule has 3 heteroatoms. The second-order valence-corrected chi connectivity index (χ2v) is 4.94. The smallest absolute Gasteiger partial charge is 0.220 e. The number of benzene rings is 1. The van der Waals surface area contributed by atoms with E-state index in [1.165, 1.54) is 18.4 Å². The Bertz CT molecular complexity index is 354. The number of carbonyl (C=O) groups excluding carboxylic acids is 1. The van der Waals surface area contributed by atoms with E-state index in [0.717, 1.165) is 25.9 Å². The van der Waals surface area contributed by atoms with Crippen molar-refractivity contribution in [3.05, 3.63) is 35.9 Å². The number of carbonyl (C=O) groups is 1. The highest BCUT2D eigenvalue weighted by Crippen LogP contribution is 2.05. The fourth-order valence-corrected chi connectivity index (χ4v) is 2.31. The molecule has 0 aromatic heterocycles. The molecule has 0 spiro atoms. The van der Waals surface area contributed by atoms with Crippen molar-refractivity contribution in [1.82, 2.24) is 10.6 Å². The van der Waals surface area contributed by atoms with Crippen LogP contribution in [-0.4, -0.2) is 25.0 Å². The van der Waals surface area contributed by atoms with Gasteiger partial charge in [-0.25, -0.2) is 0 Å². The van der Waals surface area contributed by atoms with Crippen LogP contribution in [0.4, 0.5) is 0 Å². The maximum absolute atomic E-state index is 11.0. The third-order valence-corrected chi connectivity index (χ3v) is 3.43. The molecule has 1 aromatic carbocycles. The van der Waals surface area contributed by atoms with Gasteiger partial charge in [0.1, 0.15) is 0 Å². The summed E-state index contributed by atoms with van der Waals surface area (Å²) >= 11 is 0. The molecule has 1 atom stereocenters. The van der Waals surface area contributed by atoms with Crippen molar-refractivity contribution < 1.29 is 4.79 Å². The summed E-state index contributed by atoms with van der Waals surface area (Å²) in [5.41, 5.74) is 1.42. The molecule has 1 aliphatic rings. The van der Waals surface area contributed by atoms with Crippen LogP contribution in [0.2, 0.25) is 0 Å². The second-order valence-electron chi connectivity index (χ2n) is 4.94. The molecule has 1 aromatic rings. The van der Waals surface area contributed by atoms with Gasteiger partial charge in [-0.2, -0.15) is 0 Å². The zero-order valence-corrected chi connectivity index (χ0v) is 10.8. The summed E-state index contributed by atoms with van der Waals surface area (Å²) in [7, 11) is 0. The first-order chi connectivity index (χ1) is 8.84. The minimum atomic E-state index is 0.192. The van der Waals surface area contributed by atoms with Gasteiger partial charge in [0.25, 0.3) is 0 Å². The van der Waals surface area contributed by atoms with Gasteiger partial charge in [-0.15, -0.1) is 0 Å². The standard InChI is InChI=1S/C15H22N2O/c18-15-10-9-14(12-17-15)16-11-5-4-8-13-6-2-1-3-7-13/h1-3,6-7,14,16H,4-5,8-12H2,(H,17,18). The Labute approximate surface area is 109 Å². The summed E-state index contributed by atoms with van der Waals surface area (Å²) in [5.74, 6) is 0.192. The Morgan fingerprint density at radius 1 is 1.22 bits per heavy atom. The molecule has 3 nitrogen and oxygen atoms in total. The van der Waals surface area contributed by atoms with Gasteiger partial charge in [0.2, 0.25) is 5.91 Å². The lowest BCUT2D eigenvalue weighted by Crippen LogP contribution is -2.45. The van der Waals surface area contributed by atoms with Crippen molar-refractivity contribution in [2.75, 3.05) is 13.1 Å². The summed E-state index contributed by atoms with van der Waals surface area (Å²) < 4.78 is 0. The van der Waals surface area contributed by atoms with Crippen LogP contribution < -0.4 is 10.6 Å². The van der Waals surface area contributed by atoms with Crippen LogP contribution in [0, 0.1) is 0 Å². The summed E-state index contributed by atoms with van der Waals surface area (Å²) in [6, 6.07) is 11.1. The molecule has 98 valence electrons. The first-order valence-electron chi connectivity index (χ1n) is 6.88. The summed E-state index contributed by atoms with van der Waals surface area (Å²) in [6.07, 6.45) is 5.21. The Kier molecular flexibility index (Phi) is 5.21. The Morgan fingerprint density at radius 2 is 2.06 bits per heavy atom. The van der Waals surface area contributed by atoms with Gasteiger partial charge in [-0.1, -0.05) is 30.3 Å². The van der Waals surface area contributed by atoms with Crippen LogP contribution in [0.25, 0.3) is 0 Å². The zero-order valence-electron chi connectivity index (χ0n) is 10.8. The lowest BCUT2D eigenvalue weighted by atomic mass is 10.1. The van der Waals surface area contributed by atoms with Crippen LogP contribution in [0.3, 0.4) is 0 Å². The van der Waals surface area contributed by atoms with Crippen molar-refractivity contribution in [3.8, 4) is 0 Å². The summed E-state index contributed by atoms with van der Waals surface area (Å²) in [6.45, 7) is 1.84. The van der Waals surface area contributed by atoms with Gasteiger partial charge in [0.15, 0.2) is 0 Å². The first-order valence-corrected chi connectivity index (χ1v) is 6.88. The Morgan fingerprint density at radius 3 is 2.78 bits per heavy atom. The molecule has 1 aliphatic heterocycles. The van der Waals surface area contributed by atoms with Crippen molar-refractivity contribution in [1.29, 1.82) is 0 Å². The Hall–Kier alpha value is -1.35. The van der Waals surface area contributed by atoms with Crippen molar-refractivity contribution in [2.45, 2.75) is 38.1 Å². The molecule has 1 amide bonds. The maximum atomic E-state index is 11.0. The quantitative estimate of drug-likeness (QED) is 0.752. The highest BCUT2D eigenvalue weighted by Gasteiger charge is 2.16. The SMILES string of the molecule is O=C1CCC(NCCCCc2ccccc2)CN1. The van der Waals surface area contributed by atoms with Crippen LogP contribution in [0.1, 0.15) is 31.2 Å². The maximum Gasteiger partial charge on any atom is 0.220 e. The predicted octanol–water partition coefficient (Wildman–Crippen LogP) is 1.88. The van der Waals surface area contributed by atoms with Crippen LogP contribution in [0.5, 0.6) is 0 Å². The number of rotatable bonds is 6. The number of hydrogen-bond donors (Lipinski definition) is 2. The number of unbranched alkanes of at least 4 members (excludes halogenated alkanes) is 1. The second kappa shape index (κ2) is 7.17. The van der Waals surface area contributed by atoms with Crippen LogP contribution >= 0.6 is 0 Å². The average Bonchev–Trinajstić information content (AvgIpc) is 2.42. The number of nitrogens with one attached hydrogen (secondary N) is 2. The Balaban J connectivity index is 1.52. The lowest BCUT2D eigenvalue weighted by molar-refractivity contribution is -0.122. The van der Waals surface area contributed by atoms with Gasteiger partial charge < -0.3 is 10.6 Å². The number of aryl methyl sites for hydroxylation is 1. The minimum Gasteiger partial charge on any atom is -0.355 e. The minimum absolute atomic E-state index is 0.192. The van der Waals surface area contributed by atoms with E-state index in [0.29, 0.717) is 12.5 Å². The lowest BCUT2D eigenvalue weighted by Gasteiger charge is -2.23. The van der Waals surface area contributed by atoms with Crippen molar-refractivity contribution in [3.63, 3.8) is 0 Å². The van der Waals surface area contributed by atoms with Crippen LogP contribution in [-0.2, 0) is 11.2 Å². The predicted molar refractivity (Wildman–Crippen MR) is 73.4 cm³/mol. The topological polar surface area (TPSA) is 41.1 Å². The molecule has 18 heavy (non-hydrogen) atoms. The third kappa shape index (κ3) is 4.49. The van der Waals surface area contributed by atoms with E-state index in [4.69, 9.17) is 0 Å². The van der Waals surface area contributed by atoms with E-state index in [-0.39, 0.29) is 5.91 Å². The average molecular weight is 246 g/mol. The van der Waals surface area contributed by atoms with E-state index >= 15 is 0 Å². The number of hydrogen-bond acceptors (Lipinski definition) is 2. The molecule has 2 rings (SSSR count). The van der Waals surface area contributed by atoms with E-state index in [1.807, 2.05) is 0 Å². The zero-order chi connectivity index (χ0) is 12.6. The van der Waals surface area contributed by atoms with Crippen molar-refractivity contribution >= 4 is 5.91 Å². The van der Waals surface area contributed by atoms with Gasteiger partial charge in [0.05, 0.1) is 0 Å². The van der Waals surface area contributed by atoms with E-state index in [1.54, 1.807) is 0 Å². The van der Waals surface area contributed by atoms with Gasteiger partial charge in [-0.3, -0.25) is 4.79 Å². The summed E-state index contributed by atoms with van der Waals surface area (Å²) in [5, 5.41) is 6.41. The van der Waals surface area contributed by atoms with E-state index in [2.05, 4.69) is 41.0 Å². The molecular weight excluding hydrogens is 224 g/mol. The van der Waals surface area contributed by atoms with E-state index in [9.17, 15) is 4.79 Å². The molecule has 2 N–H and O–H groups in total. The molecule has 0 bridgehead atoms. The molecule has 0 aliphatic carbocycles. The van der Waals surface area contributed by atoms with Gasteiger partial charge in [-0.05, 0) is 37.8 Å². The monoisotopic (exact) mass is 246 g/mol. The highest BCUT2D eigenvalue weighted by atomic mass is 16.1. The van der Waals surface area contributed by atoms with Crippen molar-refractivity contribution in [2.24, 2.45) is 0 Å². The molecule has 0 radical (unpaired) electrons. The van der Waals surface area contributed by atoms with E-state index < -0.39 is 0 Å². The molecule has 0 saturated carbocycles. The fourth-order valence-electron chi connectivity index (χ4n) is 2.31. The van der Waals surface area contributed by atoms with Crippen LogP contribution in [0.15, 0.2) is 30.3 Å². The number of amides is 1. The largest absolute Gasteiger partial charge is 0.355 e. The molecule has 1 fully saturated rings. The highest BCUT2D eigenvalue weighted by molar-refractivity contribution is 5.76. The third-order valence-electron chi connectivity index (χ3n) is 3.43. The first kappa shape index (κ1) is 13.1. The normalized spacial score (nSPS) is 19.6. The van der Waals surface area contributed by atoms with Gasteiger partial charge in [0, 0.05) is 19.0 Å². The fraction of sp³-hybridized carbons (Fsp3) is 0.533. The number of piperidine rings is 1. The molecular formula is C15H22N2O. The summed E-state index contributed by atoms with van der Waals surface area (Å²) in [4.78, 5) is 11.0.